The molecule has 1 unspecified atom stereocenters. The Morgan fingerprint density at radius 3 is 2.35 bits per heavy atom. The van der Waals surface area contributed by atoms with Crippen molar-refractivity contribution in [3.05, 3.63) is 60.2 Å². The molecule has 2 aliphatic rings. The van der Waals surface area contributed by atoms with E-state index in [1.165, 1.54) is 31.2 Å². The van der Waals surface area contributed by atoms with Gasteiger partial charge < -0.3 is 14.4 Å². The number of hydrogen-bond acceptors (Lipinski definition) is 5. The summed E-state index contributed by atoms with van der Waals surface area (Å²) in [5.41, 5.74) is 1.82. The van der Waals surface area contributed by atoms with E-state index in [4.69, 9.17) is 9.47 Å². The van der Waals surface area contributed by atoms with Gasteiger partial charge in [0.2, 0.25) is 10.0 Å². The highest BCUT2D eigenvalue weighted by atomic mass is 32.2. The fourth-order valence-electron chi connectivity index (χ4n) is 5.19. The largest absolute Gasteiger partial charge is 0.491 e. The molecule has 2 aromatic carbocycles. The van der Waals surface area contributed by atoms with Gasteiger partial charge in [-0.15, -0.1) is 0 Å². The van der Waals surface area contributed by atoms with E-state index in [1.807, 2.05) is 6.07 Å². The highest BCUT2D eigenvalue weighted by Crippen LogP contribution is 2.39. The maximum atomic E-state index is 11.6. The van der Waals surface area contributed by atoms with Gasteiger partial charge in [0.1, 0.15) is 5.75 Å². The summed E-state index contributed by atoms with van der Waals surface area (Å²) < 4.78 is 38.2. The van der Waals surface area contributed by atoms with Crippen LogP contribution in [-0.4, -0.2) is 51.9 Å². The highest BCUT2D eigenvalue weighted by molar-refractivity contribution is 7.92. The van der Waals surface area contributed by atoms with Gasteiger partial charge in [0.25, 0.3) is 0 Å². The molecule has 4 rings (SSSR count). The Bertz CT molecular complexity index is 985. The zero-order valence-corrected chi connectivity index (χ0v) is 21.0. The molecule has 0 radical (unpaired) electrons. The van der Waals surface area contributed by atoms with Gasteiger partial charge in [-0.1, -0.05) is 55.3 Å². The molecule has 1 N–H and O–H groups in total. The van der Waals surface area contributed by atoms with Crippen LogP contribution in [-0.2, 0) is 14.8 Å². The van der Waals surface area contributed by atoms with Crippen LogP contribution in [0.15, 0.2) is 54.6 Å². The molecule has 2 fully saturated rings. The lowest BCUT2D eigenvalue weighted by Crippen LogP contribution is -2.38. The molecule has 1 saturated carbocycles. The standard InChI is InChI=1S/C27H38N2O4S/c1-34(30,31)28-25-14-7-8-15-26(25)32-21-9-18-29-19-16-24(17-20-29)33-27(23-12-5-6-13-23)22-10-3-2-4-11-22/h2-4,7-8,10-11,14-15,23-24,27-28H,5-6,9,12-13,16-21H2,1H3. The summed E-state index contributed by atoms with van der Waals surface area (Å²) in [6.45, 7) is 3.61. The van der Waals surface area contributed by atoms with Gasteiger partial charge >= 0.3 is 0 Å². The molecule has 1 heterocycles. The number of anilines is 1. The number of rotatable bonds is 11. The van der Waals surface area contributed by atoms with Crippen molar-refractivity contribution in [1.29, 1.82) is 0 Å². The number of sulfonamides is 1. The Balaban J connectivity index is 1.20. The van der Waals surface area contributed by atoms with Crippen molar-refractivity contribution in [1.82, 2.24) is 4.90 Å². The number of ether oxygens (including phenoxy) is 2. The Hall–Kier alpha value is -2.09. The Kier molecular flexibility index (Phi) is 8.86. The second-order valence-corrected chi connectivity index (χ2v) is 11.4. The first-order valence-corrected chi connectivity index (χ1v) is 14.5. The third-order valence-electron chi connectivity index (χ3n) is 6.89. The third-order valence-corrected chi connectivity index (χ3v) is 7.48. The summed E-state index contributed by atoms with van der Waals surface area (Å²) in [4.78, 5) is 2.48. The summed E-state index contributed by atoms with van der Waals surface area (Å²) in [6.07, 6.45) is 9.94. The fourth-order valence-corrected chi connectivity index (χ4v) is 5.76. The zero-order chi connectivity index (χ0) is 23.8. The number of benzene rings is 2. The first kappa shape index (κ1) is 25.0. The summed E-state index contributed by atoms with van der Waals surface area (Å²) in [5, 5.41) is 0. The van der Waals surface area contributed by atoms with Gasteiger partial charge in [-0.25, -0.2) is 8.42 Å². The van der Waals surface area contributed by atoms with Crippen LogP contribution < -0.4 is 9.46 Å². The summed E-state index contributed by atoms with van der Waals surface area (Å²) in [7, 11) is -3.33. The third kappa shape index (κ3) is 7.45. The number of nitrogens with one attached hydrogen (secondary N) is 1. The summed E-state index contributed by atoms with van der Waals surface area (Å²) >= 11 is 0. The fraction of sp³-hybridized carbons (Fsp3) is 0.556. The zero-order valence-electron chi connectivity index (χ0n) is 20.2. The molecule has 0 amide bonds. The number of nitrogens with zero attached hydrogens (tertiary/aromatic N) is 1. The van der Waals surface area contributed by atoms with Crippen LogP contribution in [0, 0.1) is 5.92 Å². The van der Waals surface area contributed by atoms with Gasteiger partial charge in [-0.2, -0.15) is 0 Å². The number of para-hydroxylation sites is 2. The van der Waals surface area contributed by atoms with E-state index in [1.54, 1.807) is 18.2 Å². The first-order valence-electron chi connectivity index (χ1n) is 12.6. The number of likely N-dealkylation sites (tertiary alicyclic amines) is 1. The van der Waals surface area contributed by atoms with Gasteiger partial charge in [-0.05, 0) is 55.7 Å². The predicted octanol–water partition coefficient (Wildman–Crippen LogP) is 5.24. The average Bonchev–Trinajstić information content (AvgIpc) is 3.36. The number of hydrogen-bond donors (Lipinski definition) is 1. The molecule has 34 heavy (non-hydrogen) atoms. The lowest BCUT2D eigenvalue weighted by molar-refractivity contribution is -0.0683. The second kappa shape index (κ2) is 12.0. The normalized spacial score (nSPS) is 19.2. The highest BCUT2D eigenvalue weighted by Gasteiger charge is 2.30. The molecule has 2 aromatic rings. The van der Waals surface area contributed by atoms with Crippen LogP contribution in [0.25, 0.3) is 0 Å². The van der Waals surface area contributed by atoms with Crippen molar-refractivity contribution in [2.45, 2.75) is 57.2 Å². The van der Waals surface area contributed by atoms with Gasteiger partial charge in [-0.3, -0.25) is 4.72 Å². The summed E-state index contributed by atoms with van der Waals surface area (Å²) in [6, 6.07) is 17.9. The second-order valence-electron chi connectivity index (χ2n) is 9.63. The van der Waals surface area contributed by atoms with E-state index < -0.39 is 10.0 Å². The molecule has 1 saturated heterocycles. The quantitative estimate of drug-likeness (QED) is 0.440. The Morgan fingerprint density at radius 1 is 0.971 bits per heavy atom. The maximum Gasteiger partial charge on any atom is 0.229 e. The SMILES string of the molecule is CS(=O)(=O)Nc1ccccc1OCCCN1CCC(OC(c2ccccc2)C2CCCC2)CC1. The van der Waals surface area contributed by atoms with Crippen LogP contribution in [0.4, 0.5) is 5.69 Å². The van der Waals surface area contributed by atoms with E-state index in [-0.39, 0.29) is 6.10 Å². The minimum Gasteiger partial charge on any atom is -0.491 e. The Labute approximate surface area is 204 Å². The van der Waals surface area contributed by atoms with Crippen molar-refractivity contribution in [3.8, 4) is 5.75 Å². The minimum atomic E-state index is -3.33. The molecule has 1 aliphatic heterocycles. The molecule has 0 aromatic heterocycles. The molecule has 6 nitrogen and oxygen atoms in total. The van der Waals surface area contributed by atoms with Crippen molar-refractivity contribution < 1.29 is 17.9 Å². The lowest BCUT2D eigenvalue weighted by Gasteiger charge is -2.35. The van der Waals surface area contributed by atoms with E-state index in [0.717, 1.165) is 45.2 Å². The minimum absolute atomic E-state index is 0.231. The van der Waals surface area contributed by atoms with Crippen LogP contribution in [0.3, 0.4) is 0 Å². The van der Waals surface area contributed by atoms with E-state index >= 15 is 0 Å². The Morgan fingerprint density at radius 2 is 1.65 bits per heavy atom. The molecule has 7 heteroatoms. The first-order chi connectivity index (χ1) is 16.5. The smallest absolute Gasteiger partial charge is 0.229 e. The van der Waals surface area contributed by atoms with E-state index in [2.05, 4.69) is 40.0 Å². The van der Waals surface area contributed by atoms with Crippen LogP contribution >= 0.6 is 0 Å². The molecule has 186 valence electrons. The van der Waals surface area contributed by atoms with Crippen molar-refractivity contribution in [2.24, 2.45) is 5.92 Å². The lowest BCUT2D eigenvalue weighted by atomic mass is 9.93. The predicted molar refractivity (Wildman–Crippen MR) is 137 cm³/mol. The van der Waals surface area contributed by atoms with Crippen molar-refractivity contribution >= 4 is 15.7 Å². The van der Waals surface area contributed by atoms with Crippen LogP contribution in [0.5, 0.6) is 5.75 Å². The van der Waals surface area contributed by atoms with E-state index in [9.17, 15) is 8.42 Å². The topological polar surface area (TPSA) is 67.9 Å². The van der Waals surface area contributed by atoms with Crippen LogP contribution in [0.1, 0.15) is 56.6 Å². The van der Waals surface area contributed by atoms with E-state index in [0.29, 0.717) is 30.1 Å². The molecular weight excluding hydrogens is 448 g/mol. The molecule has 1 atom stereocenters. The van der Waals surface area contributed by atoms with Crippen LogP contribution in [0.2, 0.25) is 0 Å². The van der Waals surface area contributed by atoms with Crippen molar-refractivity contribution in [2.75, 3.05) is 37.2 Å². The van der Waals surface area contributed by atoms with Gasteiger partial charge in [0, 0.05) is 19.6 Å². The molecule has 0 bridgehead atoms. The molecule has 1 aliphatic carbocycles. The molecule has 0 spiro atoms. The monoisotopic (exact) mass is 486 g/mol. The summed E-state index contributed by atoms with van der Waals surface area (Å²) in [5.74, 6) is 1.22. The average molecular weight is 487 g/mol. The molecular formula is C27H38N2O4S. The number of piperidine rings is 1. The van der Waals surface area contributed by atoms with Crippen molar-refractivity contribution in [3.63, 3.8) is 0 Å². The van der Waals surface area contributed by atoms with Gasteiger partial charge in [0.05, 0.1) is 30.8 Å². The maximum absolute atomic E-state index is 11.6. The van der Waals surface area contributed by atoms with Gasteiger partial charge in [0.15, 0.2) is 0 Å².